The van der Waals surface area contributed by atoms with Gasteiger partial charge in [0.2, 0.25) is 5.58 Å². The van der Waals surface area contributed by atoms with Crippen molar-refractivity contribution in [1.29, 1.82) is 5.26 Å². The number of hydrogen-bond acceptors (Lipinski definition) is 7. The third-order valence-corrected chi connectivity index (χ3v) is 3.13. The summed E-state index contributed by atoms with van der Waals surface area (Å²) in [5.74, 6) is -1.90. The summed E-state index contributed by atoms with van der Waals surface area (Å²) in [6, 6.07) is 4.94. The Labute approximate surface area is 124 Å². The minimum atomic E-state index is -1.48. The normalized spacial score (nSPS) is 10.7. The van der Waals surface area contributed by atoms with Crippen LogP contribution in [0.4, 0.5) is 0 Å². The highest BCUT2D eigenvalue weighted by Crippen LogP contribution is 2.37. The summed E-state index contributed by atoms with van der Waals surface area (Å²) in [4.78, 5) is 14.6. The van der Waals surface area contributed by atoms with E-state index in [1.807, 2.05) is 0 Å². The Morgan fingerprint density at radius 1 is 1.43 bits per heavy atom. The van der Waals surface area contributed by atoms with Crippen LogP contribution in [0.5, 0.6) is 5.75 Å². The highest BCUT2D eigenvalue weighted by molar-refractivity contribution is 9.10. The molecule has 0 atom stereocenters. The van der Waals surface area contributed by atoms with E-state index in [4.69, 9.17) is 19.3 Å². The predicted octanol–water partition coefficient (Wildman–Crippen LogP) is 2.52. The number of nitrogens with zero attached hydrogens (tertiary/aromatic N) is 3. The number of halogens is 1. The molecular weight excluding hydrogens is 346 g/mol. The Balaban J connectivity index is 2.39. The number of pyridine rings is 1. The topological polar surface area (TPSA) is 133 Å². The second kappa shape index (κ2) is 4.60. The van der Waals surface area contributed by atoms with Gasteiger partial charge >= 0.3 is 5.97 Å². The number of aromatic hydroxyl groups is 1. The largest absolute Gasteiger partial charge is 0.502 e. The van der Waals surface area contributed by atoms with Gasteiger partial charge in [0.15, 0.2) is 33.3 Å². The summed E-state index contributed by atoms with van der Waals surface area (Å²) in [5, 5.41) is 31.8. The highest BCUT2D eigenvalue weighted by atomic mass is 79.9. The fourth-order valence-corrected chi connectivity index (χ4v) is 2.15. The van der Waals surface area contributed by atoms with E-state index in [9.17, 15) is 9.90 Å². The van der Waals surface area contributed by atoms with Gasteiger partial charge in [0.05, 0.1) is 5.39 Å². The first-order chi connectivity index (χ1) is 10.0. The lowest BCUT2D eigenvalue weighted by molar-refractivity contribution is 0.0687. The molecule has 3 aromatic rings. The summed E-state index contributed by atoms with van der Waals surface area (Å²) >= 11 is 3.13. The highest BCUT2D eigenvalue weighted by Gasteiger charge is 2.26. The molecule has 0 amide bonds. The molecule has 8 nitrogen and oxygen atoms in total. The molecule has 0 fully saturated rings. The molecule has 0 saturated heterocycles. The second-order valence-electron chi connectivity index (χ2n) is 3.91. The first-order valence-corrected chi connectivity index (χ1v) is 6.23. The van der Waals surface area contributed by atoms with Crippen LogP contribution in [-0.4, -0.2) is 26.3 Å². The standard InChI is InChI=1S/C12H4BrN3O5/c13-6-2-1-5(20-6)8-7-4(3-14)15-9(12(18)19)10(17)11(7)21-16-8/h1-2,17H,(H,18,19). The van der Waals surface area contributed by atoms with E-state index in [2.05, 4.69) is 26.1 Å². The second-order valence-corrected chi connectivity index (χ2v) is 4.70. The van der Waals surface area contributed by atoms with E-state index in [1.165, 1.54) is 0 Å². The van der Waals surface area contributed by atoms with Gasteiger partial charge in [0, 0.05) is 0 Å². The van der Waals surface area contributed by atoms with Crippen molar-refractivity contribution in [2.75, 3.05) is 0 Å². The van der Waals surface area contributed by atoms with Gasteiger partial charge in [0.1, 0.15) is 6.07 Å². The molecule has 0 radical (unpaired) electrons. The molecule has 0 aliphatic heterocycles. The van der Waals surface area contributed by atoms with Crippen molar-refractivity contribution in [2.45, 2.75) is 0 Å². The number of aromatic nitrogens is 2. The van der Waals surface area contributed by atoms with Crippen molar-refractivity contribution >= 4 is 32.9 Å². The fourth-order valence-electron chi connectivity index (χ4n) is 1.84. The van der Waals surface area contributed by atoms with Gasteiger partial charge in [-0.3, -0.25) is 0 Å². The summed E-state index contributed by atoms with van der Waals surface area (Å²) in [6.07, 6.45) is 0. The SMILES string of the molecule is N#Cc1nc(C(=O)O)c(O)c2onc(-c3ccc(Br)o3)c12. The van der Waals surface area contributed by atoms with Crippen LogP contribution in [0.25, 0.3) is 22.4 Å². The molecule has 0 saturated carbocycles. The molecule has 104 valence electrons. The number of rotatable bonds is 2. The van der Waals surface area contributed by atoms with Gasteiger partial charge in [-0.15, -0.1) is 0 Å². The smallest absolute Gasteiger partial charge is 0.358 e. The Morgan fingerprint density at radius 2 is 2.19 bits per heavy atom. The number of furan rings is 1. The average Bonchev–Trinajstić information content (AvgIpc) is 3.05. The molecule has 0 bridgehead atoms. The van der Waals surface area contributed by atoms with E-state index in [-0.39, 0.29) is 28.1 Å². The summed E-state index contributed by atoms with van der Waals surface area (Å²) in [6.45, 7) is 0. The maximum atomic E-state index is 11.0. The molecule has 3 rings (SSSR count). The molecule has 9 heteroatoms. The molecule has 0 aliphatic carbocycles. The van der Waals surface area contributed by atoms with Crippen LogP contribution in [0.2, 0.25) is 0 Å². The Hall–Kier alpha value is -2.86. The van der Waals surface area contributed by atoms with Gasteiger partial charge in [-0.1, -0.05) is 5.16 Å². The van der Waals surface area contributed by atoms with Crippen LogP contribution < -0.4 is 0 Å². The van der Waals surface area contributed by atoms with Crippen molar-refractivity contribution in [3.8, 4) is 23.3 Å². The van der Waals surface area contributed by atoms with E-state index in [0.717, 1.165) is 0 Å². The molecule has 3 aromatic heterocycles. The third kappa shape index (κ3) is 1.93. The molecule has 2 N–H and O–H groups in total. The van der Waals surface area contributed by atoms with Crippen molar-refractivity contribution < 1.29 is 23.9 Å². The van der Waals surface area contributed by atoms with Crippen LogP contribution in [0, 0.1) is 11.3 Å². The van der Waals surface area contributed by atoms with Crippen LogP contribution in [0.15, 0.2) is 25.7 Å². The third-order valence-electron chi connectivity index (χ3n) is 2.71. The van der Waals surface area contributed by atoms with Gasteiger partial charge in [-0.05, 0) is 28.1 Å². The maximum Gasteiger partial charge on any atom is 0.358 e. The molecule has 0 unspecified atom stereocenters. The van der Waals surface area contributed by atoms with Gasteiger partial charge in [-0.2, -0.15) is 5.26 Å². The van der Waals surface area contributed by atoms with Gasteiger partial charge in [-0.25, -0.2) is 9.78 Å². The fraction of sp³-hybridized carbons (Fsp3) is 0. The summed E-state index contributed by atoms with van der Waals surface area (Å²) < 4.78 is 10.7. The number of aromatic carboxylic acids is 1. The number of carboxylic acid groups (broad SMARTS) is 1. The Morgan fingerprint density at radius 3 is 2.76 bits per heavy atom. The van der Waals surface area contributed by atoms with Crippen molar-refractivity contribution in [2.24, 2.45) is 0 Å². The average molecular weight is 350 g/mol. The maximum absolute atomic E-state index is 11.0. The Kier molecular flexibility index (Phi) is 2.88. The number of carboxylic acids is 1. The lowest BCUT2D eigenvalue weighted by atomic mass is 10.1. The summed E-state index contributed by atoms with van der Waals surface area (Å²) in [5.41, 5.74) is -1.00. The van der Waals surface area contributed by atoms with E-state index >= 15 is 0 Å². The van der Waals surface area contributed by atoms with E-state index < -0.39 is 17.4 Å². The first-order valence-electron chi connectivity index (χ1n) is 5.44. The Bertz CT molecular complexity index is 921. The number of nitriles is 1. The van der Waals surface area contributed by atoms with E-state index in [1.54, 1.807) is 18.2 Å². The monoisotopic (exact) mass is 349 g/mol. The zero-order valence-electron chi connectivity index (χ0n) is 9.99. The molecule has 0 aromatic carbocycles. The van der Waals surface area contributed by atoms with Crippen LogP contribution in [0.1, 0.15) is 16.2 Å². The molecule has 3 heterocycles. The van der Waals surface area contributed by atoms with Crippen LogP contribution in [0.3, 0.4) is 0 Å². The zero-order valence-corrected chi connectivity index (χ0v) is 11.6. The van der Waals surface area contributed by atoms with E-state index in [0.29, 0.717) is 4.67 Å². The number of hydrogen-bond donors (Lipinski definition) is 2. The predicted molar refractivity (Wildman–Crippen MR) is 70.5 cm³/mol. The van der Waals surface area contributed by atoms with Crippen LogP contribution in [-0.2, 0) is 0 Å². The van der Waals surface area contributed by atoms with Crippen molar-refractivity contribution in [1.82, 2.24) is 10.1 Å². The lowest BCUT2D eigenvalue weighted by Crippen LogP contribution is -2.03. The minimum Gasteiger partial charge on any atom is -0.502 e. The van der Waals surface area contributed by atoms with Crippen molar-refractivity contribution in [3.05, 3.63) is 28.2 Å². The number of carbonyl (C=O) groups is 1. The number of fused-ring (bicyclic) bond motifs is 1. The first kappa shape index (κ1) is 13.1. The lowest BCUT2D eigenvalue weighted by Gasteiger charge is -2.00. The molecule has 21 heavy (non-hydrogen) atoms. The molecular formula is C12H4BrN3O5. The molecule has 0 spiro atoms. The summed E-state index contributed by atoms with van der Waals surface area (Å²) in [7, 11) is 0. The minimum absolute atomic E-state index is 0.0850. The van der Waals surface area contributed by atoms with Gasteiger partial charge < -0.3 is 19.2 Å². The molecule has 0 aliphatic rings. The van der Waals surface area contributed by atoms with Crippen molar-refractivity contribution in [3.63, 3.8) is 0 Å². The quantitative estimate of drug-likeness (QED) is 0.720. The van der Waals surface area contributed by atoms with Gasteiger partial charge in [0.25, 0.3) is 0 Å². The van der Waals surface area contributed by atoms with Crippen LogP contribution >= 0.6 is 15.9 Å². The zero-order chi connectivity index (χ0) is 15.1.